The monoisotopic (exact) mass is 540 g/mol. The third-order valence-corrected chi connectivity index (χ3v) is 8.46. The highest BCUT2D eigenvalue weighted by Crippen LogP contribution is 2.43. The molecule has 3 aliphatic heterocycles. The molecule has 1 aromatic carbocycles. The highest BCUT2D eigenvalue weighted by atomic mass is 16.5. The van der Waals surface area contributed by atoms with E-state index in [9.17, 15) is 4.79 Å². The Morgan fingerprint density at radius 2 is 1.90 bits per heavy atom. The molecule has 1 amide bonds. The summed E-state index contributed by atoms with van der Waals surface area (Å²) in [6, 6.07) is 10.5. The number of aryl methyl sites for hydroxylation is 2. The number of hydrogen-bond donors (Lipinski definition) is 2. The molecule has 208 valence electrons. The fraction of sp³-hybridized carbons (Fsp3) is 0.467. The largest absolute Gasteiger partial charge is 0.477 e. The zero-order valence-corrected chi connectivity index (χ0v) is 23.4. The van der Waals surface area contributed by atoms with Gasteiger partial charge in [-0.2, -0.15) is 10.1 Å². The molecule has 4 aliphatic rings. The van der Waals surface area contributed by atoms with E-state index in [0.29, 0.717) is 47.6 Å². The Labute approximate surface area is 234 Å². The number of likely N-dealkylation sites (N-methyl/N-ethyl adjacent to an activating group) is 1. The Morgan fingerprint density at radius 1 is 1.05 bits per heavy atom. The minimum Gasteiger partial charge on any atom is -0.477 e. The molecular weight excluding hydrogens is 504 g/mol. The summed E-state index contributed by atoms with van der Waals surface area (Å²) in [7, 11) is 4.01. The Balaban J connectivity index is 1.26. The van der Waals surface area contributed by atoms with Crippen LogP contribution >= 0.6 is 0 Å². The SMILES string of the molecule is Cc1cc2cc(n1)-c1cnn(C)c1OCCC[C@@H](C1CC1)CN1/C(=N/C2=O)Nc2cc(NC3CN(C)C3)ccc21. The van der Waals surface area contributed by atoms with E-state index in [-0.39, 0.29) is 5.91 Å². The van der Waals surface area contributed by atoms with E-state index in [4.69, 9.17) is 9.72 Å². The van der Waals surface area contributed by atoms with Gasteiger partial charge in [0.05, 0.1) is 41.5 Å². The van der Waals surface area contributed by atoms with Crippen molar-refractivity contribution in [2.45, 2.75) is 38.6 Å². The molecule has 0 spiro atoms. The summed E-state index contributed by atoms with van der Waals surface area (Å²) >= 11 is 0. The number of nitrogens with zero attached hydrogens (tertiary/aromatic N) is 6. The fourth-order valence-corrected chi connectivity index (χ4v) is 6.22. The predicted molar refractivity (Wildman–Crippen MR) is 156 cm³/mol. The van der Waals surface area contributed by atoms with Gasteiger partial charge in [0.15, 0.2) is 0 Å². The van der Waals surface area contributed by atoms with Crippen molar-refractivity contribution in [3.8, 4) is 17.1 Å². The molecule has 2 fully saturated rings. The van der Waals surface area contributed by atoms with E-state index in [1.807, 2.05) is 14.0 Å². The first-order valence-electron chi connectivity index (χ1n) is 14.3. The Bertz CT molecular complexity index is 1490. The molecule has 1 atom stereocenters. The van der Waals surface area contributed by atoms with Crippen molar-refractivity contribution in [1.29, 1.82) is 0 Å². The molecule has 2 N–H and O–H groups in total. The highest BCUT2D eigenvalue weighted by Gasteiger charge is 2.36. The van der Waals surface area contributed by atoms with Crippen LogP contribution in [0.5, 0.6) is 5.88 Å². The van der Waals surface area contributed by atoms with Gasteiger partial charge < -0.3 is 25.2 Å². The first-order valence-corrected chi connectivity index (χ1v) is 14.3. The van der Waals surface area contributed by atoms with Crippen LogP contribution in [0.15, 0.2) is 41.5 Å². The van der Waals surface area contributed by atoms with Crippen molar-refractivity contribution in [2.24, 2.45) is 23.9 Å². The maximum atomic E-state index is 13.6. The number of hydrogen-bond acceptors (Lipinski definition) is 8. The van der Waals surface area contributed by atoms with Gasteiger partial charge in [-0.25, -0.2) is 4.68 Å². The molecule has 5 heterocycles. The second-order valence-corrected chi connectivity index (χ2v) is 11.7. The average Bonchev–Trinajstić information content (AvgIpc) is 3.61. The smallest absolute Gasteiger partial charge is 0.280 e. The second kappa shape index (κ2) is 9.92. The molecule has 1 saturated heterocycles. The van der Waals surface area contributed by atoms with Gasteiger partial charge in [0.1, 0.15) is 0 Å². The zero-order valence-electron chi connectivity index (χ0n) is 23.4. The second-order valence-electron chi connectivity index (χ2n) is 11.7. The lowest BCUT2D eigenvalue weighted by atomic mass is 9.97. The van der Waals surface area contributed by atoms with Gasteiger partial charge in [-0.15, -0.1) is 0 Å². The third-order valence-electron chi connectivity index (χ3n) is 8.46. The van der Waals surface area contributed by atoms with E-state index >= 15 is 0 Å². The van der Waals surface area contributed by atoms with Crippen LogP contribution in [-0.2, 0) is 7.05 Å². The topological polar surface area (TPSA) is 99.9 Å². The van der Waals surface area contributed by atoms with Crippen molar-refractivity contribution < 1.29 is 9.53 Å². The summed E-state index contributed by atoms with van der Waals surface area (Å²) in [5.41, 5.74) is 5.81. The van der Waals surface area contributed by atoms with E-state index < -0.39 is 0 Å². The lowest BCUT2D eigenvalue weighted by Gasteiger charge is -2.37. The Morgan fingerprint density at radius 3 is 2.70 bits per heavy atom. The number of aromatic nitrogens is 3. The molecule has 0 radical (unpaired) electrons. The molecule has 1 saturated carbocycles. The molecule has 3 aromatic rings. The molecule has 2 bridgehead atoms. The third kappa shape index (κ3) is 4.81. The van der Waals surface area contributed by atoms with Crippen LogP contribution in [0, 0.1) is 18.8 Å². The van der Waals surface area contributed by atoms with Gasteiger partial charge >= 0.3 is 0 Å². The Hall–Kier alpha value is -3.92. The van der Waals surface area contributed by atoms with Crippen molar-refractivity contribution >= 4 is 28.9 Å². The van der Waals surface area contributed by atoms with Crippen molar-refractivity contribution in [2.75, 3.05) is 48.8 Å². The maximum absolute atomic E-state index is 13.6. The standard InChI is InChI=1S/C30H36N8O2/c1-18-11-21-12-25(32-18)24-14-31-37(3)29(24)40-10-4-5-20(19-6-7-19)15-38-27-9-8-22(33-23-16-36(2)17-23)13-26(27)34-30(38)35-28(21)39/h8-9,11-14,19-20,23,33H,4-7,10,15-17H2,1-3H3,(H,34,35,39)/t20-/m1/s1. The number of anilines is 3. The number of ether oxygens (including phenoxy) is 1. The molecular formula is C30H36N8O2. The summed E-state index contributed by atoms with van der Waals surface area (Å²) in [6.07, 6.45) is 6.26. The van der Waals surface area contributed by atoms with Crippen LogP contribution in [-0.4, -0.2) is 70.9 Å². The van der Waals surface area contributed by atoms with Gasteiger partial charge in [0.2, 0.25) is 11.8 Å². The van der Waals surface area contributed by atoms with Gasteiger partial charge in [0.25, 0.3) is 5.91 Å². The minimum atomic E-state index is -0.299. The van der Waals surface area contributed by atoms with Gasteiger partial charge in [0, 0.05) is 43.6 Å². The normalized spacial score (nSPS) is 22.9. The number of nitrogens with one attached hydrogen (secondary N) is 2. The number of carbonyl (C=O) groups excluding carboxylic acids is 1. The number of rotatable bonds is 3. The van der Waals surface area contributed by atoms with Crippen molar-refractivity contribution in [1.82, 2.24) is 19.7 Å². The number of benzene rings is 1. The lowest BCUT2D eigenvalue weighted by Crippen LogP contribution is -2.52. The molecule has 1 aliphatic carbocycles. The highest BCUT2D eigenvalue weighted by molar-refractivity contribution is 6.19. The van der Waals surface area contributed by atoms with E-state index in [2.05, 4.69) is 55.8 Å². The van der Waals surface area contributed by atoms with Crippen LogP contribution in [0.3, 0.4) is 0 Å². The van der Waals surface area contributed by atoms with Crippen LogP contribution in [0.4, 0.5) is 17.1 Å². The Kier molecular flexibility index (Phi) is 6.22. The number of guanidine groups is 1. The lowest BCUT2D eigenvalue weighted by molar-refractivity contribution is 0.100. The number of likely N-dealkylation sites (tertiary alicyclic amines) is 1. The van der Waals surface area contributed by atoms with Gasteiger partial charge in [-0.05, 0) is 81.8 Å². The van der Waals surface area contributed by atoms with E-state index in [1.165, 1.54) is 12.8 Å². The summed E-state index contributed by atoms with van der Waals surface area (Å²) in [5.74, 6) is 2.15. The van der Waals surface area contributed by atoms with E-state index in [1.54, 1.807) is 23.0 Å². The summed E-state index contributed by atoms with van der Waals surface area (Å²) in [5, 5.41) is 11.5. The van der Waals surface area contributed by atoms with Crippen LogP contribution < -0.4 is 20.3 Å². The minimum absolute atomic E-state index is 0.299. The predicted octanol–water partition coefficient (Wildman–Crippen LogP) is 4.14. The number of amides is 1. The quantitative estimate of drug-likeness (QED) is 0.511. The number of pyridine rings is 1. The van der Waals surface area contributed by atoms with Crippen molar-refractivity contribution in [3.63, 3.8) is 0 Å². The van der Waals surface area contributed by atoms with Gasteiger partial charge in [-0.3, -0.25) is 9.78 Å². The number of carbonyl (C=O) groups is 1. The molecule has 40 heavy (non-hydrogen) atoms. The summed E-state index contributed by atoms with van der Waals surface area (Å²) in [4.78, 5) is 27.5. The molecule has 10 nitrogen and oxygen atoms in total. The average molecular weight is 541 g/mol. The number of aliphatic imine (C=N–C) groups is 1. The first-order chi connectivity index (χ1) is 19.4. The molecule has 2 aromatic heterocycles. The summed E-state index contributed by atoms with van der Waals surface area (Å²) < 4.78 is 8.00. The van der Waals surface area contributed by atoms with Crippen LogP contribution in [0.1, 0.15) is 41.7 Å². The van der Waals surface area contributed by atoms with Crippen molar-refractivity contribution in [3.05, 3.63) is 47.8 Å². The van der Waals surface area contributed by atoms with Crippen LogP contribution in [0.2, 0.25) is 0 Å². The first kappa shape index (κ1) is 25.1. The number of fused-ring (bicyclic) bond motifs is 7. The van der Waals surface area contributed by atoms with Gasteiger partial charge in [-0.1, -0.05) is 0 Å². The maximum Gasteiger partial charge on any atom is 0.280 e. The van der Waals surface area contributed by atoms with E-state index in [0.717, 1.165) is 60.8 Å². The molecule has 10 heteroatoms. The zero-order chi connectivity index (χ0) is 27.4. The summed E-state index contributed by atoms with van der Waals surface area (Å²) in [6.45, 7) is 5.39. The van der Waals surface area contributed by atoms with Crippen LogP contribution in [0.25, 0.3) is 11.3 Å². The fourth-order valence-electron chi connectivity index (χ4n) is 6.22. The molecule has 7 rings (SSSR count). The molecule has 0 unspecified atom stereocenters.